The standard InChI is InChI=1S/C12H22N4OS/c1-3-5-6-8(4-2)7-15-12-9(11(14)17)10(13)16-18-12/h8,15H,3-7H2,1-2H3,(H2,13,16)(H2,14,17). The van der Waals surface area contributed by atoms with Crippen molar-refractivity contribution in [3.05, 3.63) is 5.56 Å². The van der Waals surface area contributed by atoms with Crippen LogP contribution >= 0.6 is 11.5 Å². The molecule has 102 valence electrons. The molecule has 1 amide bonds. The average molecular weight is 270 g/mol. The first-order valence-corrected chi connectivity index (χ1v) is 7.16. The number of amides is 1. The predicted molar refractivity (Wildman–Crippen MR) is 76.8 cm³/mol. The zero-order valence-corrected chi connectivity index (χ0v) is 11.8. The largest absolute Gasteiger partial charge is 0.382 e. The second-order valence-electron chi connectivity index (χ2n) is 4.43. The van der Waals surface area contributed by atoms with Crippen LogP contribution in [0, 0.1) is 5.92 Å². The molecule has 1 aromatic heterocycles. The van der Waals surface area contributed by atoms with Crippen molar-refractivity contribution >= 4 is 28.3 Å². The fraction of sp³-hybridized carbons (Fsp3) is 0.667. The lowest BCUT2D eigenvalue weighted by Crippen LogP contribution is -2.18. The third-order valence-electron chi connectivity index (χ3n) is 3.06. The molecular weight excluding hydrogens is 248 g/mol. The van der Waals surface area contributed by atoms with E-state index in [0.29, 0.717) is 16.5 Å². The fourth-order valence-electron chi connectivity index (χ4n) is 1.84. The topological polar surface area (TPSA) is 94.0 Å². The third-order valence-corrected chi connectivity index (χ3v) is 3.88. The van der Waals surface area contributed by atoms with Crippen LogP contribution in [-0.2, 0) is 0 Å². The lowest BCUT2D eigenvalue weighted by atomic mass is 9.99. The molecule has 18 heavy (non-hydrogen) atoms. The van der Waals surface area contributed by atoms with Crippen molar-refractivity contribution in [3.8, 4) is 0 Å². The van der Waals surface area contributed by atoms with Crippen LogP contribution in [0.4, 0.5) is 10.8 Å². The van der Waals surface area contributed by atoms with Gasteiger partial charge in [-0.3, -0.25) is 4.79 Å². The summed E-state index contributed by atoms with van der Waals surface area (Å²) >= 11 is 1.19. The molecule has 0 aliphatic carbocycles. The molecule has 0 saturated carbocycles. The molecule has 0 fully saturated rings. The van der Waals surface area contributed by atoms with Crippen LogP contribution in [0.2, 0.25) is 0 Å². The van der Waals surface area contributed by atoms with Gasteiger partial charge in [0.1, 0.15) is 10.6 Å². The minimum Gasteiger partial charge on any atom is -0.382 e. The van der Waals surface area contributed by atoms with Crippen molar-refractivity contribution in [1.29, 1.82) is 0 Å². The number of carbonyl (C=O) groups is 1. The molecule has 0 aliphatic heterocycles. The molecule has 0 bridgehead atoms. The number of nitrogens with zero attached hydrogens (tertiary/aromatic N) is 1. The van der Waals surface area contributed by atoms with Crippen molar-refractivity contribution in [2.75, 3.05) is 17.6 Å². The number of primary amides is 1. The highest BCUT2D eigenvalue weighted by molar-refractivity contribution is 7.11. The number of anilines is 2. The Morgan fingerprint density at radius 3 is 2.78 bits per heavy atom. The van der Waals surface area contributed by atoms with Crippen molar-refractivity contribution in [2.24, 2.45) is 11.7 Å². The van der Waals surface area contributed by atoms with Crippen molar-refractivity contribution < 1.29 is 4.79 Å². The fourth-order valence-corrected chi connectivity index (χ4v) is 2.57. The quantitative estimate of drug-likeness (QED) is 0.676. The van der Waals surface area contributed by atoms with E-state index in [0.717, 1.165) is 13.0 Å². The highest BCUT2D eigenvalue weighted by Crippen LogP contribution is 2.26. The number of hydrogen-bond donors (Lipinski definition) is 3. The molecular formula is C12H22N4OS. The summed E-state index contributed by atoms with van der Waals surface area (Å²) < 4.78 is 3.96. The smallest absolute Gasteiger partial charge is 0.255 e. The normalized spacial score (nSPS) is 12.3. The zero-order chi connectivity index (χ0) is 13.5. The lowest BCUT2D eigenvalue weighted by Gasteiger charge is -2.15. The third kappa shape index (κ3) is 3.87. The molecule has 0 aliphatic rings. The Bertz CT molecular complexity index is 391. The number of hydrogen-bond acceptors (Lipinski definition) is 5. The van der Waals surface area contributed by atoms with Gasteiger partial charge in [0.05, 0.1) is 0 Å². The van der Waals surface area contributed by atoms with Gasteiger partial charge in [-0.25, -0.2) is 0 Å². The second kappa shape index (κ2) is 7.20. The summed E-state index contributed by atoms with van der Waals surface area (Å²) in [5, 5.41) is 3.94. The highest BCUT2D eigenvalue weighted by atomic mass is 32.1. The second-order valence-corrected chi connectivity index (χ2v) is 5.21. The van der Waals surface area contributed by atoms with Gasteiger partial charge in [0.15, 0.2) is 5.82 Å². The molecule has 1 heterocycles. The van der Waals surface area contributed by atoms with Gasteiger partial charge < -0.3 is 16.8 Å². The number of nitrogen functional groups attached to an aromatic ring is 1. The van der Waals surface area contributed by atoms with Crippen LogP contribution in [0.1, 0.15) is 49.9 Å². The molecule has 5 nitrogen and oxygen atoms in total. The monoisotopic (exact) mass is 270 g/mol. The van der Waals surface area contributed by atoms with Gasteiger partial charge in [-0.2, -0.15) is 4.37 Å². The van der Waals surface area contributed by atoms with E-state index in [1.165, 1.54) is 30.8 Å². The zero-order valence-electron chi connectivity index (χ0n) is 11.0. The first-order valence-electron chi connectivity index (χ1n) is 6.38. The maximum atomic E-state index is 11.3. The summed E-state index contributed by atoms with van der Waals surface area (Å²) in [4.78, 5) is 11.3. The molecule has 0 aromatic carbocycles. The van der Waals surface area contributed by atoms with Gasteiger partial charge in [0.25, 0.3) is 5.91 Å². The van der Waals surface area contributed by atoms with E-state index >= 15 is 0 Å². The summed E-state index contributed by atoms with van der Waals surface area (Å²) in [5.41, 5.74) is 11.2. The number of nitrogens with one attached hydrogen (secondary N) is 1. The number of nitrogens with two attached hydrogens (primary N) is 2. The summed E-state index contributed by atoms with van der Waals surface area (Å²) in [6.45, 7) is 5.20. The van der Waals surface area contributed by atoms with Gasteiger partial charge in [0.2, 0.25) is 0 Å². The van der Waals surface area contributed by atoms with Crippen molar-refractivity contribution in [2.45, 2.75) is 39.5 Å². The van der Waals surface area contributed by atoms with E-state index in [1.807, 2.05) is 0 Å². The van der Waals surface area contributed by atoms with E-state index in [9.17, 15) is 4.79 Å². The van der Waals surface area contributed by atoms with Gasteiger partial charge in [0, 0.05) is 6.54 Å². The molecule has 0 saturated heterocycles. The van der Waals surface area contributed by atoms with Crippen LogP contribution < -0.4 is 16.8 Å². The van der Waals surface area contributed by atoms with E-state index < -0.39 is 5.91 Å². The molecule has 6 heteroatoms. The van der Waals surface area contributed by atoms with Gasteiger partial charge in [-0.15, -0.1) is 0 Å². The molecule has 1 atom stereocenters. The SMILES string of the molecule is CCCCC(CC)CNc1snc(N)c1C(N)=O. The summed E-state index contributed by atoms with van der Waals surface area (Å²) in [6, 6.07) is 0. The van der Waals surface area contributed by atoms with Gasteiger partial charge >= 0.3 is 0 Å². The van der Waals surface area contributed by atoms with E-state index in [-0.39, 0.29) is 5.82 Å². The van der Waals surface area contributed by atoms with Crippen LogP contribution in [-0.4, -0.2) is 16.8 Å². The number of aromatic nitrogens is 1. The van der Waals surface area contributed by atoms with E-state index in [4.69, 9.17) is 11.5 Å². The van der Waals surface area contributed by atoms with E-state index in [2.05, 4.69) is 23.5 Å². The van der Waals surface area contributed by atoms with Crippen molar-refractivity contribution in [3.63, 3.8) is 0 Å². The van der Waals surface area contributed by atoms with Crippen molar-refractivity contribution in [1.82, 2.24) is 4.37 Å². The molecule has 0 radical (unpaired) electrons. The Hall–Kier alpha value is -1.30. The minimum absolute atomic E-state index is 0.219. The first kappa shape index (κ1) is 14.8. The molecule has 1 unspecified atom stereocenters. The summed E-state index contributed by atoms with van der Waals surface area (Å²) in [7, 11) is 0. The Balaban J connectivity index is 2.59. The summed E-state index contributed by atoms with van der Waals surface area (Å²) in [5.74, 6) is 0.302. The van der Waals surface area contributed by atoms with Crippen LogP contribution in [0.25, 0.3) is 0 Å². The van der Waals surface area contributed by atoms with Crippen LogP contribution in [0.3, 0.4) is 0 Å². The van der Waals surface area contributed by atoms with Crippen LogP contribution in [0.15, 0.2) is 0 Å². The van der Waals surface area contributed by atoms with Gasteiger partial charge in [-0.05, 0) is 23.9 Å². The summed E-state index contributed by atoms with van der Waals surface area (Å²) in [6.07, 6.45) is 4.75. The van der Waals surface area contributed by atoms with Gasteiger partial charge in [-0.1, -0.05) is 33.1 Å². The molecule has 5 N–H and O–H groups in total. The highest BCUT2D eigenvalue weighted by Gasteiger charge is 2.17. The Morgan fingerprint density at radius 2 is 2.22 bits per heavy atom. The minimum atomic E-state index is -0.523. The number of rotatable bonds is 8. The van der Waals surface area contributed by atoms with Crippen LogP contribution in [0.5, 0.6) is 0 Å². The maximum absolute atomic E-state index is 11.3. The molecule has 1 rings (SSSR count). The number of carbonyl (C=O) groups excluding carboxylic acids is 1. The predicted octanol–water partition coefficient (Wildman–Crippen LogP) is 2.45. The average Bonchev–Trinajstić information content (AvgIpc) is 2.71. The molecule has 1 aromatic rings. The first-order chi connectivity index (χ1) is 8.60. The Morgan fingerprint density at radius 1 is 1.50 bits per heavy atom. The Kier molecular flexibility index (Phi) is 5.91. The maximum Gasteiger partial charge on any atom is 0.255 e. The Labute approximate surface area is 112 Å². The number of unbranched alkanes of at least 4 members (excludes halogenated alkanes) is 1. The molecule has 0 spiro atoms. The van der Waals surface area contributed by atoms with E-state index in [1.54, 1.807) is 0 Å². The lowest BCUT2D eigenvalue weighted by molar-refractivity contribution is 0.100.